The molecule has 0 radical (unpaired) electrons. The Kier molecular flexibility index (Phi) is 6.62. The number of ether oxygens (including phenoxy) is 1. The van der Waals surface area contributed by atoms with Crippen LogP contribution in [0.4, 0.5) is 9.18 Å². The van der Waals surface area contributed by atoms with E-state index in [0.29, 0.717) is 35.0 Å². The predicted octanol–water partition coefficient (Wildman–Crippen LogP) is 6.21. The summed E-state index contributed by atoms with van der Waals surface area (Å²) < 4.78 is 22.3. The van der Waals surface area contributed by atoms with E-state index in [1.54, 1.807) is 30.0 Å². The fourth-order valence-electron chi connectivity index (χ4n) is 4.80. The Morgan fingerprint density at radius 2 is 2.00 bits per heavy atom. The lowest BCUT2D eigenvalue weighted by atomic mass is 9.99. The SMILES string of the molecule is Cc1c(C2CCCN2C(=O)OC(C)(C)C)n(C(C)C)c2cc(-c3nc(Cl)ncc3F)ccc2c1=O. The number of hydrogen-bond donors (Lipinski definition) is 0. The molecule has 0 saturated carbocycles. The zero-order chi connectivity index (χ0) is 25.7. The Morgan fingerprint density at radius 1 is 1.29 bits per heavy atom. The number of hydrogen-bond acceptors (Lipinski definition) is 5. The van der Waals surface area contributed by atoms with E-state index in [4.69, 9.17) is 16.3 Å². The van der Waals surface area contributed by atoms with Gasteiger partial charge in [-0.2, -0.15) is 0 Å². The molecule has 0 bridgehead atoms. The van der Waals surface area contributed by atoms with Crippen molar-refractivity contribution in [3.8, 4) is 11.3 Å². The maximum atomic E-state index is 14.5. The minimum Gasteiger partial charge on any atom is -0.444 e. The molecule has 2 aromatic heterocycles. The monoisotopic (exact) mass is 500 g/mol. The number of carbonyl (C=O) groups excluding carboxylic acids is 1. The third kappa shape index (κ3) is 4.76. The van der Waals surface area contributed by atoms with Crippen LogP contribution in [-0.4, -0.2) is 37.7 Å². The van der Waals surface area contributed by atoms with Gasteiger partial charge in [0.1, 0.15) is 11.3 Å². The average molecular weight is 501 g/mol. The first-order valence-corrected chi connectivity index (χ1v) is 12.1. The number of halogens is 2. The second-order valence-corrected chi connectivity index (χ2v) is 10.5. The van der Waals surface area contributed by atoms with Gasteiger partial charge in [0.05, 0.1) is 17.8 Å². The molecule has 1 aliphatic heterocycles. The van der Waals surface area contributed by atoms with Gasteiger partial charge in [-0.1, -0.05) is 6.07 Å². The van der Waals surface area contributed by atoms with E-state index in [9.17, 15) is 14.0 Å². The van der Waals surface area contributed by atoms with Crippen LogP contribution >= 0.6 is 11.6 Å². The molecule has 3 aromatic rings. The number of benzene rings is 1. The van der Waals surface area contributed by atoms with Crippen molar-refractivity contribution in [1.29, 1.82) is 0 Å². The molecule has 7 nitrogen and oxygen atoms in total. The largest absolute Gasteiger partial charge is 0.444 e. The van der Waals surface area contributed by atoms with E-state index in [2.05, 4.69) is 14.5 Å². The molecule has 1 amide bonds. The highest BCUT2D eigenvalue weighted by Gasteiger charge is 2.36. The van der Waals surface area contributed by atoms with Crippen molar-refractivity contribution in [1.82, 2.24) is 19.4 Å². The van der Waals surface area contributed by atoms with Gasteiger partial charge in [0.25, 0.3) is 0 Å². The van der Waals surface area contributed by atoms with Crippen molar-refractivity contribution in [3.05, 3.63) is 57.0 Å². The first kappa shape index (κ1) is 25.1. The van der Waals surface area contributed by atoms with E-state index in [1.165, 1.54) is 0 Å². The number of aromatic nitrogens is 3. The molecule has 1 aromatic carbocycles. The van der Waals surface area contributed by atoms with Crippen molar-refractivity contribution in [3.63, 3.8) is 0 Å². The lowest BCUT2D eigenvalue weighted by molar-refractivity contribution is 0.0217. The molecule has 35 heavy (non-hydrogen) atoms. The second-order valence-electron chi connectivity index (χ2n) is 10.2. The van der Waals surface area contributed by atoms with E-state index >= 15 is 0 Å². The van der Waals surface area contributed by atoms with Gasteiger partial charge in [-0.25, -0.2) is 19.2 Å². The van der Waals surface area contributed by atoms with Gasteiger partial charge in [0, 0.05) is 34.8 Å². The van der Waals surface area contributed by atoms with Crippen LogP contribution in [0.15, 0.2) is 29.2 Å². The second kappa shape index (κ2) is 9.22. The molecule has 1 unspecified atom stereocenters. The zero-order valence-corrected chi connectivity index (χ0v) is 21.6. The van der Waals surface area contributed by atoms with Crippen molar-refractivity contribution >= 4 is 28.6 Å². The van der Waals surface area contributed by atoms with E-state index < -0.39 is 17.5 Å². The van der Waals surface area contributed by atoms with Crippen LogP contribution in [-0.2, 0) is 4.74 Å². The summed E-state index contributed by atoms with van der Waals surface area (Å²) in [6.45, 7) is 11.9. The quantitative estimate of drug-likeness (QED) is 0.399. The maximum absolute atomic E-state index is 14.5. The van der Waals surface area contributed by atoms with Crippen LogP contribution in [0.5, 0.6) is 0 Å². The van der Waals surface area contributed by atoms with Crippen LogP contribution in [0.2, 0.25) is 5.28 Å². The Bertz CT molecular complexity index is 1360. The number of likely N-dealkylation sites (tertiary alicyclic amines) is 1. The Hall–Kier alpha value is -3.00. The molecular formula is C26H30ClFN4O3. The minimum absolute atomic E-state index is 0.0398. The number of nitrogens with zero attached hydrogens (tertiary/aromatic N) is 4. The molecule has 1 atom stereocenters. The standard InChI is InChI=1S/C26H30ClFN4O3/c1-14(2)32-20-12-16(21-18(28)13-29-24(27)30-21)9-10-17(20)23(33)15(3)22(32)19-8-7-11-31(19)25(34)35-26(4,5)6/h9-10,12-14,19H,7-8,11H2,1-6H3. The molecular weight excluding hydrogens is 471 g/mol. The topological polar surface area (TPSA) is 77.3 Å². The summed E-state index contributed by atoms with van der Waals surface area (Å²) in [6, 6.07) is 4.77. The number of pyridine rings is 1. The summed E-state index contributed by atoms with van der Waals surface area (Å²) in [6.07, 6.45) is 2.16. The number of rotatable bonds is 3. The highest BCUT2D eigenvalue weighted by molar-refractivity contribution is 6.28. The summed E-state index contributed by atoms with van der Waals surface area (Å²) in [5.41, 5.74) is 1.82. The van der Waals surface area contributed by atoms with E-state index in [0.717, 1.165) is 18.3 Å². The van der Waals surface area contributed by atoms with Crippen LogP contribution in [0.3, 0.4) is 0 Å². The summed E-state index contributed by atoms with van der Waals surface area (Å²) in [4.78, 5) is 36.0. The first-order valence-electron chi connectivity index (χ1n) is 11.8. The Labute approximate surface area is 208 Å². The summed E-state index contributed by atoms with van der Waals surface area (Å²) in [7, 11) is 0. The molecule has 0 N–H and O–H groups in total. The average Bonchev–Trinajstić information content (AvgIpc) is 3.25. The third-order valence-electron chi connectivity index (χ3n) is 6.19. The van der Waals surface area contributed by atoms with Gasteiger partial charge >= 0.3 is 6.09 Å². The molecule has 0 spiro atoms. The Morgan fingerprint density at radius 3 is 2.66 bits per heavy atom. The third-order valence-corrected chi connectivity index (χ3v) is 6.37. The fraction of sp³-hybridized carbons (Fsp3) is 0.462. The number of fused-ring (bicyclic) bond motifs is 1. The van der Waals surface area contributed by atoms with Gasteiger partial charge in [0.2, 0.25) is 5.28 Å². The molecule has 0 aliphatic carbocycles. The normalized spacial score (nSPS) is 16.4. The fourth-order valence-corrected chi connectivity index (χ4v) is 4.94. The molecule has 3 heterocycles. The molecule has 1 saturated heterocycles. The smallest absolute Gasteiger partial charge is 0.410 e. The van der Waals surface area contributed by atoms with E-state index in [-0.39, 0.29) is 28.5 Å². The van der Waals surface area contributed by atoms with Crippen LogP contribution < -0.4 is 5.43 Å². The minimum atomic E-state index is -0.627. The lowest BCUT2D eigenvalue weighted by Gasteiger charge is -2.32. The van der Waals surface area contributed by atoms with E-state index in [1.807, 2.05) is 34.6 Å². The van der Waals surface area contributed by atoms with Crippen LogP contribution in [0.25, 0.3) is 22.2 Å². The van der Waals surface area contributed by atoms with Crippen molar-refractivity contribution in [2.24, 2.45) is 0 Å². The van der Waals surface area contributed by atoms with Gasteiger partial charge in [0.15, 0.2) is 11.2 Å². The van der Waals surface area contributed by atoms with Crippen LogP contribution in [0.1, 0.15) is 70.8 Å². The molecule has 1 aliphatic rings. The summed E-state index contributed by atoms with van der Waals surface area (Å²) in [5.74, 6) is -0.605. The number of carbonyl (C=O) groups is 1. The first-order chi connectivity index (χ1) is 16.4. The van der Waals surface area contributed by atoms with Gasteiger partial charge < -0.3 is 9.30 Å². The van der Waals surface area contributed by atoms with Gasteiger partial charge in [-0.3, -0.25) is 9.69 Å². The number of amides is 1. The lowest BCUT2D eigenvalue weighted by Crippen LogP contribution is -2.38. The molecule has 4 rings (SSSR count). The maximum Gasteiger partial charge on any atom is 0.410 e. The highest BCUT2D eigenvalue weighted by Crippen LogP contribution is 2.37. The molecule has 186 valence electrons. The summed E-state index contributed by atoms with van der Waals surface area (Å²) in [5, 5.41) is 0.456. The Balaban J connectivity index is 1.95. The van der Waals surface area contributed by atoms with Gasteiger partial charge in [-0.15, -0.1) is 0 Å². The van der Waals surface area contributed by atoms with Crippen molar-refractivity contribution in [2.45, 2.75) is 72.1 Å². The predicted molar refractivity (Wildman–Crippen MR) is 134 cm³/mol. The molecule has 9 heteroatoms. The zero-order valence-electron chi connectivity index (χ0n) is 20.9. The highest BCUT2D eigenvalue weighted by atomic mass is 35.5. The molecule has 1 fully saturated rings. The van der Waals surface area contributed by atoms with Gasteiger partial charge in [-0.05, 0) is 78.1 Å². The van der Waals surface area contributed by atoms with Crippen molar-refractivity contribution < 1.29 is 13.9 Å². The summed E-state index contributed by atoms with van der Waals surface area (Å²) >= 11 is 5.92. The van der Waals surface area contributed by atoms with Crippen molar-refractivity contribution in [2.75, 3.05) is 6.54 Å². The van der Waals surface area contributed by atoms with Crippen LogP contribution in [0, 0.1) is 12.7 Å².